The van der Waals surface area contributed by atoms with E-state index in [9.17, 15) is 4.79 Å². The SMILES string of the molecule is COc1ccc(CC(=O)Nc2ccc(N3CCc4ccccc4C3)cn2)cc1. The minimum Gasteiger partial charge on any atom is -0.497 e. The zero-order valence-electron chi connectivity index (χ0n) is 15.9. The fourth-order valence-electron chi connectivity index (χ4n) is 3.48. The number of amides is 1. The summed E-state index contributed by atoms with van der Waals surface area (Å²) in [5.41, 5.74) is 4.80. The Hall–Kier alpha value is -3.34. The second-order valence-corrected chi connectivity index (χ2v) is 6.91. The fourth-order valence-corrected chi connectivity index (χ4v) is 3.48. The number of nitrogens with one attached hydrogen (secondary N) is 1. The van der Waals surface area contributed by atoms with Crippen LogP contribution in [0, 0.1) is 0 Å². The van der Waals surface area contributed by atoms with Crippen LogP contribution < -0.4 is 15.0 Å². The molecule has 1 N–H and O–H groups in total. The van der Waals surface area contributed by atoms with Crippen LogP contribution in [0.25, 0.3) is 0 Å². The zero-order chi connectivity index (χ0) is 19.3. The lowest BCUT2D eigenvalue weighted by atomic mass is 10.00. The van der Waals surface area contributed by atoms with Gasteiger partial charge in [0.2, 0.25) is 5.91 Å². The Labute approximate surface area is 165 Å². The highest BCUT2D eigenvalue weighted by Gasteiger charge is 2.16. The number of benzene rings is 2. The maximum absolute atomic E-state index is 12.3. The molecule has 0 atom stereocenters. The van der Waals surface area contributed by atoms with Crippen molar-refractivity contribution in [2.24, 2.45) is 0 Å². The summed E-state index contributed by atoms with van der Waals surface area (Å²) in [4.78, 5) is 19.0. The number of carbonyl (C=O) groups excluding carboxylic acids is 1. The van der Waals surface area contributed by atoms with E-state index in [0.717, 1.165) is 36.5 Å². The summed E-state index contributed by atoms with van der Waals surface area (Å²) in [7, 11) is 1.62. The third kappa shape index (κ3) is 4.14. The van der Waals surface area contributed by atoms with E-state index in [-0.39, 0.29) is 5.91 Å². The number of pyridine rings is 1. The van der Waals surface area contributed by atoms with E-state index < -0.39 is 0 Å². The molecule has 0 saturated carbocycles. The van der Waals surface area contributed by atoms with E-state index in [1.807, 2.05) is 42.6 Å². The van der Waals surface area contributed by atoms with Gasteiger partial charge in [0.25, 0.3) is 0 Å². The van der Waals surface area contributed by atoms with Crippen molar-refractivity contribution < 1.29 is 9.53 Å². The van der Waals surface area contributed by atoms with Gasteiger partial charge >= 0.3 is 0 Å². The molecule has 142 valence electrons. The van der Waals surface area contributed by atoms with Gasteiger partial charge in [-0.1, -0.05) is 36.4 Å². The lowest BCUT2D eigenvalue weighted by Gasteiger charge is -2.30. The lowest BCUT2D eigenvalue weighted by Crippen LogP contribution is -2.30. The van der Waals surface area contributed by atoms with Gasteiger partial charge in [-0.25, -0.2) is 4.98 Å². The van der Waals surface area contributed by atoms with Crippen molar-refractivity contribution in [2.45, 2.75) is 19.4 Å². The molecular formula is C23H23N3O2. The predicted octanol–water partition coefficient (Wildman–Crippen LogP) is 3.83. The molecule has 1 aromatic heterocycles. The second kappa shape index (κ2) is 8.13. The highest BCUT2D eigenvalue weighted by Crippen LogP contribution is 2.24. The fraction of sp³-hybridized carbons (Fsp3) is 0.217. The number of methoxy groups -OCH3 is 1. The van der Waals surface area contributed by atoms with Crippen molar-refractivity contribution in [2.75, 3.05) is 23.9 Å². The summed E-state index contributed by atoms with van der Waals surface area (Å²) in [6.07, 6.45) is 3.17. The number of ether oxygens (including phenoxy) is 1. The first-order valence-corrected chi connectivity index (χ1v) is 9.42. The summed E-state index contributed by atoms with van der Waals surface area (Å²) in [5, 5.41) is 2.86. The van der Waals surface area contributed by atoms with Crippen LogP contribution in [0.2, 0.25) is 0 Å². The Morgan fingerprint density at radius 2 is 1.86 bits per heavy atom. The number of aromatic nitrogens is 1. The second-order valence-electron chi connectivity index (χ2n) is 6.91. The average Bonchev–Trinajstić information content (AvgIpc) is 2.74. The molecule has 4 rings (SSSR count). The minimum absolute atomic E-state index is 0.0858. The largest absolute Gasteiger partial charge is 0.497 e. The molecule has 2 aromatic carbocycles. The topological polar surface area (TPSA) is 54.5 Å². The van der Waals surface area contributed by atoms with Gasteiger partial charge in [-0.15, -0.1) is 0 Å². The van der Waals surface area contributed by atoms with E-state index in [1.165, 1.54) is 11.1 Å². The first kappa shape index (κ1) is 18.0. The Morgan fingerprint density at radius 3 is 2.57 bits per heavy atom. The maximum atomic E-state index is 12.3. The van der Waals surface area contributed by atoms with Crippen LogP contribution in [0.5, 0.6) is 5.75 Å². The third-order valence-electron chi connectivity index (χ3n) is 5.03. The molecule has 5 heteroatoms. The highest BCUT2D eigenvalue weighted by molar-refractivity contribution is 5.91. The van der Waals surface area contributed by atoms with Crippen molar-refractivity contribution >= 4 is 17.4 Å². The van der Waals surface area contributed by atoms with Gasteiger partial charge in [-0.3, -0.25) is 4.79 Å². The Balaban J connectivity index is 1.36. The van der Waals surface area contributed by atoms with E-state index in [0.29, 0.717) is 12.2 Å². The number of carbonyl (C=O) groups is 1. The molecule has 1 aliphatic heterocycles. The van der Waals surface area contributed by atoms with Gasteiger partial charge in [0, 0.05) is 13.1 Å². The molecule has 3 aromatic rings. The molecule has 0 unspecified atom stereocenters. The third-order valence-corrected chi connectivity index (χ3v) is 5.03. The highest BCUT2D eigenvalue weighted by atomic mass is 16.5. The Kier molecular flexibility index (Phi) is 5.24. The molecule has 5 nitrogen and oxygen atoms in total. The number of hydrogen-bond acceptors (Lipinski definition) is 4. The smallest absolute Gasteiger partial charge is 0.229 e. The normalized spacial score (nSPS) is 13.0. The van der Waals surface area contributed by atoms with E-state index in [2.05, 4.69) is 39.5 Å². The standard InChI is InChI=1S/C23H23N3O2/c1-28-21-9-6-17(7-10-21)14-23(27)25-22-11-8-20(15-24-22)26-13-12-18-4-2-3-5-19(18)16-26/h2-11,15H,12-14,16H2,1H3,(H,24,25,27). The predicted molar refractivity (Wildman–Crippen MR) is 111 cm³/mol. The van der Waals surface area contributed by atoms with Crippen LogP contribution in [0.3, 0.4) is 0 Å². The molecule has 1 amide bonds. The summed E-state index contributed by atoms with van der Waals surface area (Å²) in [6.45, 7) is 1.86. The molecule has 28 heavy (non-hydrogen) atoms. The van der Waals surface area contributed by atoms with Crippen molar-refractivity contribution in [1.82, 2.24) is 4.98 Å². The summed E-state index contributed by atoms with van der Waals surface area (Å²) in [5.74, 6) is 1.26. The number of rotatable bonds is 5. The molecule has 0 bridgehead atoms. The van der Waals surface area contributed by atoms with E-state index >= 15 is 0 Å². The zero-order valence-corrected chi connectivity index (χ0v) is 15.9. The Morgan fingerprint density at radius 1 is 1.07 bits per heavy atom. The van der Waals surface area contributed by atoms with Gasteiger partial charge < -0.3 is 15.0 Å². The van der Waals surface area contributed by atoms with Gasteiger partial charge in [0.05, 0.1) is 25.4 Å². The monoisotopic (exact) mass is 373 g/mol. The van der Waals surface area contributed by atoms with Crippen molar-refractivity contribution in [1.29, 1.82) is 0 Å². The quantitative estimate of drug-likeness (QED) is 0.738. The molecule has 0 aliphatic carbocycles. The summed E-state index contributed by atoms with van der Waals surface area (Å²) < 4.78 is 5.14. The van der Waals surface area contributed by atoms with Crippen LogP contribution >= 0.6 is 0 Å². The van der Waals surface area contributed by atoms with Crippen LogP contribution in [-0.2, 0) is 24.2 Å². The van der Waals surface area contributed by atoms with Gasteiger partial charge in [-0.05, 0) is 47.4 Å². The molecule has 0 fully saturated rings. The average molecular weight is 373 g/mol. The van der Waals surface area contributed by atoms with Gasteiger partial charge in [0.15, 0.2) is 0 Å². The lowest BCUT2D eigenvalue weighted by molar-refractivity contribution is -0.115. The maximum Gasteiger partial charge on any atom is 0.229 e. The van der Waals surface area contributed by atoms with Gasteiger partial charge in [-0.2, -0.15) is 0 Å². The number of nitrogens with zero attached hydrogens (tertiary/aromatic N) is 2. The summed E-state index contributed by atoms with van der Waals surface area (Å²) in [6, 6.07) is 19.9. The van der Waals surface area contributed by atoms with Crippen LogP contribution in [-0.4, -0.2) is 24.5 Å². The molecule has 2 heterocycles. The number of anilines is 2. The minimum atomic E-state index is -0.0858. The molecular weight excluding hydrogens is 350 g/mol. The van der Waals surface area contributed by atoms with E-state index in [4.69, 9.17) is 4.74 Å². The number of hydrogen-bond donors (Lipinski definition) is 1. The van der Waals surface area contributed by atoms with Crippen molar-refractivity contribution in [3.05, 3.63) is 83.6 Å². The van der Waals surface area contributed by atoms with Crippen LogP contribution in [0.1, 0.15) is 16.7 Å². The first-order chi connectivity index (χ1) is 13.7. The van der Waals surface area contributed by atoms with Crippen molar-refractivity contribution in [3.8, 4) is 5.75 Å². The van der Waals surface area contributed by atoms with Crippen LogP contribution in [0.4, 0.5) is 11.5 Å². The van der Waals surface area contributed by atoms with Crippen molar-refractivity contribution in [3.63, 3.8) is 0 Å². The first-order valence-electron chi connectivity index (χ1n) is 9.42. The summed E-state index contributed by atoms with van der Waals surface area (Å²) >= 11 is 0. The molecule has 0 saturated heterocycles. The number of fused-ring (bicyclic) bond motifs is 1. The Bertz CT molecular complexity index is 952. The van der Waals surface area contributed by atoms with E-state index in [1.54, 1.807) is 7.11 Å². The van der Waals surface area contributed by atoms with Crippen LogP contribution in [0.15, 0.2) is 66.9 Å². The molecule has 0 spiro atoms. The molecule has 0 radical (unpaired) electrons. The molecule has 1 aliphatic rings. The van der Waals surface area contributed by atoms with Gasteiger partial charge in [0.1, 0.15) is 11.6 Å².